The van der Waals surface area contributed by atoms with Gasteiger partial charge in [0.1, 0.15) is 0 Å². The van der Waals surface area contributed by atoms with Crippen molar-refractivity contribution in [1.82, 2.24) is 5.32 Å². The first kappa shape index (κ1) is 17.6. The molecule has 0 unspecified atom stereocenters. The minimum absolute atomic E-state index is 0.164. The fraction of sp³-hybridized carbons (Fsp3) is 0.278. The van der Waals surface area contributed by atoms with Crippen LogP contribution < -0.4 is 19.5 Å². The molecule has 0 radical (unpaired) electrons. The summed E-state index contributed by atoms with van der Waals surface area (Å²) >= 11 is 0. The number of amides is 1. The van der Waals surface area contributed by atoms with Gasteiger partial charge in [-0.3, -0.25) is 4.79 Å². The first-order valence-electron chi connectivity index (χ1n) is 7.36. The first-order chi connectivity index (χ1) is 11.5. The summed E-state index contributed by atoms with van der Waals surface area (Å²) in [6, 6.07) is 9.11. The number of rotatable bonds is 6. The van der Waals surface area contributed by atoms with E-state index < -0.39 is 5.82 Å². The van der Waals surface area contributed by atoms with Crippen molar-refractivity contribution in [3.05, 3.63) is 53.3 Å². The molecule has 1 atom stereocenters. The van der Waals surface area contributed by atoms with Crippen LogP contribution in [0.3, 0.4) is 0 Å². The maximum Gasteiger partial charge on any atom is 0.251 e. The Morgan fingerprint density at radius 1 is 0.958 bits per heavy atom. The number of halogens is 1. The van der Waals surface area contributed by atoms with Crippen LogP contribution in [-0.4, -0.2) is 27.2 Å². The minimum atomic E-state index is -0.470. The molecule has 0 saturated heterocycles. The number of benzene rings is 2. The predicted molar refractivity (Wildman–Crippen MR) is 88.4 cm³/mol. The Labute approximate surface area is 140 Å². The van der Waals surface area contributed by atoms with Crippen LogP contribution in [0.4, 0.5) is 4.39 Å². The van der Waals surface area contributed by atoms with E-state index in [0.29, 0.717) is 22.6 Å². The van der Waals surface area contributed by atoms with Crippen molar-refractivity contribution >= 4 is 5.91 Å². The number of nitrogens with one attached hydrogen (secondary N) is 1. The van der Waals surface area contributed by atoms with Crippen LogP contribution in [0, 0.1) is 5.82 Å². The predicted octanol–water partition coefficient (Wildman–Crippen LogP) is 3.34. The van der Waals surface area contributed by atoms with Gasteiger partial charge in [-0.25, -0.2) is 4.39 Å². The van der Waals surface area contributed by atoms with E-state index >= 15 is 0 Å². The van der Waals surface area contributed by atoms with Crippen LogP contribution >= 0.6 is 0 Å². The zero-order valence-electron chi connectivity index (χ0n) is 14.1. The third-order valence-corrected chi connectivity index (χ3v) is 3.67. The smallest absolute Gasteiger partial charge is 0.251 e. The summed E-state index contributed by atoms with van der Waals surface area (Å²) in [7, 11) is 4.43. The monoisotopic (exact) mass is 333 g/mol. The molecular weight excluding hydrogens is 313 g/mol. The third kappa shape index (κ3) is 3.76. The maximum atomic E-state index is 13.8. The van der Waals surface area contributed by atoms with Crippen molar-refractivity contribution in [2.45, 2.75) is 13.0 Å². The molecule has 0 aliphatic carbocycles. The summed E-state index contributed by atoms with van der Waals surface area (Å²) in [6.07, 6.45) is 0. The second-order valence-corrected chi connectivity index (χ2v) is 5.16. The van der Waals surface area contributed by atoms with Gasteiger partial charge in [0.2, 0.25) is 0 Å². The van der Waals surface area contributed by atoms with Crippen molar-refractivity contribution in [3.8, 4) is 17.2 Å². The number of hydrogen-bond acceptors (Lipinski definition) is 4. The van der Waals surface area contributed by atoms with E-state index in [-0.39, 0.29) is 17.7 Å². The van der Waals surface area contributed by atoms with Crippen LogP contribution in [0.5, 0.6) is 17.2 Å². The largest absolute Gasteiger partial charge is 0.494 e. The topological polar surface area (TPSA) is 56.8 Å². The third-order valence-electron chi connectivity index (χ3n) is 3.67. The SMILES string of the molecule is COc1ccc([C@@H](C)NC(=O)c2ccc(OC)c(OC)c2)cc1F. The van der Waals surface area contributed by atoms with Crippen LogP contribution in [-0.2, 0) is 0 Å². The Morgan fingerprint density at radius 3 is 2.17 bits per heavy atom. The number of hydrogen-bond donors (Lipinski definition) is 1. The summed E-state index contributed by atoms with van der Waals surface area (Å²) in [5.74, 6) is 0.409. The Kier molecular flexibility index (Phi) is 5.63. The molecule has 24 heavy (non-hydrogen) atoms. The van der Waals surface area contributed by atoms with Gasteiger partial charge in [-0.2, -0.15) is 0 Å². The molecule has 0 spiro atoms. The highest BCUT2D eigenvalue weighted by Gasteiger charge is 2.15. The molecule has 0 aromatic heterocycles. The lowest BCUT2D eigenvalue weighted by Gasteiger charge is -2.16. The van der Waals surface area contributed by atoms with Crippen LogP contribution in [0.25, 0.3) is 0 Å². The van der Waals surface area contributed by atoms with Gasteiger partial charge in [-0.1, -0.05) is 6.07 Å². The molecule has 2 aromatic rings. The zero-order valence-corrected chi connectivity index (χ0v) is 14.1. The van der Waals surface area contributed by atoms with E-state index in [0.717, 1.165) is 0 Å². The molecule has 0 aliphatic heterocycles. The van der Waals surface area contributed by atoms with Gasteiger partial charge in [0.25, 0.3) is 5.91 Å². The van der Waals surface area contributed by atoms with E-state index in [1.54, 1.807) is 31.2 Å². The van der Waals surface area contributed by atoms with Gasteiger partial charge >= 0.3 is 0 Å². The van der Waals surface area contributed by atoms with Crippen molar-refractivity contribution in [1.29, 1.82) is 0 Å². The van der Waals surface area contributed by atoms with Crippen molar-refractivity contribution in [2.75, 3.05) is 21.3 Å². The lowest BCUT2D eigenvalue weighted by molar-refractivity contribution is 0.0939. The molecule has 0 bridgehead atoms. The summed E-state index contributed by atoms with van der Waals surface area (Å²) in [6.45, 7) is 1.78. The molecule has 1 N–H and O–H groups in total. The molecule has 6 heteroatoms. The van der Waals surface area contributed by atoms with E-state index in [1.165, 1.54) is 33.5 Å². The van der Waals surface area contributed by atoms with E-state index in [1.807, 2.05) is 0 Å². The van der Waals surface area contributed by atoms with Gasteiger partial charge in [-0.15, -0.1) is 0 Å². The van der Waals surface area contributed by atoms with Gasteiger partial charge in [0, 0.05) is 5.56 Å². The number of carbonyl (C=O) groups is 1. The van der Waals surface area contributed by atoms with Crippen molar-refractivity contribution in [3.63, 3.8) is 0 Å². The lowest BCUT2D eigenvalue weighted by Crippen LogP contribution is -2.26. The van der Waals surface area contributed by atoms with Crippen LogP contribution in [0.15, 0.2) is 36.4 Å². The number of carbonyl (C=O) groups excluding carboxylic acids is 1. The molecule has 0 aliphatic rings. The van der Waals surface area contributed by atoms with Crippen LogP contribution in [0.1, 0.15) is 28.9 Å². The number of methoxy groups -OCH3 is 3. The van der Waals surface area contributed by atoms with Crippen LogP contribution in [0.2, 0.25) is 0 Å². The standard InChI is InChI=1S/C18H20FNO4/c1-11(12-5-7-15(22-2)14(19)9-12)20-18(21)13-6-8-16(23-3)17(10-13)24-4/h5-11H,1-4H3,(H,20,21)/t11-/m1/s1. The summed E-state index contributed by atoms with van der Waals surface area (Å²) in [5, 5.41) is 2.82. The Morgan fingerprint density at radius 2 is 1.58 bits per heavy atom. The lowest BCUT2D eigenvalue weighted by atomic mass is 10.1. The van der Waals surface area contributed by atoms with Gasteiger partial charge < -0.3 is 19.5 Å². The van der Waals surface area contributed by atoms with E-state index in [9.17, 15) is 9.18 Å². The fourth-order valence-corrected chi connectivity index (χ4v) is 2.29. The molecule has 0 heterocycles. The first-order valence-corrected chi connectivity index (χ1v) is 7.36. The number of ether oxygens (including phenoxy) is 3. The van der Waals surface area contributed by atoms with E-state index in [2.05, 4.69) is 5.32 Å². The Bertz CT molecular complexity index is 733. The fourth-order valence-electron chi connectivity index (χ4n) is 2.29. The average molecular weight is 333 g/mol. The van der Waals surface area contributed by atoms with Gasteiger partial charge in [0.05, 0.1) is 27.4 Å². The zero-order chi connectivity index (χ0) is 17.7. The average Bonchev–Trinajstić information content (AvgIpc) is 2.60. The minimum Gasteiger partial charge on any atom is -0.494 e. The highest BCUT2D eigenvalue weighted by molar-refractivity contribution is 5.95. The van der Waals surface area contributed by atoms with Gasteiger partial charge in [0.15, 0.2) is 23.1 Å². The van der Waals surface area contributed by atoms with Crippen molar-refractivity contribution < 1.29 is 23.4 Å². The summed E-state index contributed by atoms with van der Waals surface area (Å²) in [5.41, 5.74) is 1.07. The molecule has 5 nitrogen and oxygen atoms in total. The quantitative estimate of drug-likeness (QED) is 0.881. The second kappa shape index (κ2) is 7.68. The summed E-state index contributed by atoms with van der Waals surface area (Å²) in [4.78, 5) is 12.4. The molecule has 128 valence electrons. The molecule has 2 aromatic carbocycles. The molecule has 2 rings (SSSR count). The molecular formula is C18H20FNO4. The normalized spacial score (nSPS) is 11.5. The van der Waals surface area contributed by atoms with Gasteiger partial charge in [-0.05, 0) is 42.8 Å². The highest BCUT2D eigenvalue weighted by Crippen LogP contribution is 2.28. The van der Waals surface area contributed by atoms with Crippen molar-refractivity contribution in [2.24, 2.45) is 0 Å². The van der Waals surface area contributed by atoms with E-state index in [4.69, 9.17) is 14.2 Å². The Balaban J connectivity index is 2.15. The highest BCUT2D eigenvalue weighted by atomic mass is 19.1. The molecule has 1 amide bonds. The maximum absolute atomic E-state index is 13.8. The molecule has 0 saturated carbocycles. The second-order valence-electron chi connectivity index (χ2n) is 5.16. The summed E-state index contributed by atoms with van der Waals surface area (Å²) < 4.78 is 29.0. The Hall–Kier alpha value is -2.76. The molecule has 0 fully saturated rings.